The minimum absolute atomic E-state index is 0.400. The Morgan fingerprint density at radius 3 is 1.62 bits per heavy atom. The van der Waals surface area contributed by atoms with Crippen LogP contribution >= 0.6 is 0 Å². The molecule has 0 bridgehead atoms. The first-order valence-corrected chi connectivity index (χ1v) is 9.63. The fourth-order valence-electron chi connectivity index (χ4n) is 3.68. The molecular formula is C25H29N. The Kier molecular flexibility index (Phi) is 6.62. The third-order valence-electron chi connectivity index (χ3n) is 5.35. The smallest absolute Gasteiger partial charge is 0.0130 e. The summed E-state index contributed by atoms with van der Waals surface area (Å²) in [5, 5.41) is 3.75. The minimum Gasteiger partial charge on any atom is -0.314 e. The molecule has 0 saturated heterocycles. The van der Waals surface area contributed by atoms with Gasteiger partial charge in [-0.3, -0.25) is 0 Å². The summed E-state index contributed by atoms with van der Waals surface area (Å²) in [5.74, 6) is 0.896. The maximum atomic E-state index is 3.75. The summed E-state index contributed by atoms with van der Waals surface area (Å²) >= 11 is 0. The topological polar surface area (TPSA) is 12.0 Å². The van der Waals surface area contributed by atoms with E-state index in [9.17, 15) is 0 Å². The van der Waals surface area contributed by atoms with Crippen LogP contribution in [0.25, 0.3) is 0 Å². The zero-order valence-electron chi connectivity index (χ0n) is 15.8. The number of hydrogen-bond donors (Lipinski definition) is 1. The van der Waals surface area contributed by atoms with Crippen molar-refractivity contribution < 1.29 is 0 Å². The highest BCUT2D eigenvalue weighted by molar-refractivity contribution is 5.33. The molecule has 3 aromatic carbocycles. The second kappa shape index (κ2) is 9.35. The van der Waals surface area contributed by atoms with Crippen molar-refractivity contribution in [2.24, 2.45) is 5.92 Å². The number of nitrogens with one attached hydrogen (secondary N) is 1. The standard InChI is InChI=1S/C25H29N/c1-20(21(2)26-19-18-22-12-6-3-7-13-22)25(23-14-8-4-9-15-23)24-16-10-5-11-17-24/h3-17,20-21,25-26H,18-19H2,1-2H3. The van der Waals surface area contributed by atoms with Gasteiger partial charge in [0.1, 0.15) is 0 Å². The molecule has 26 heavy (non-hydrogen) atoms. The van der Waals surface area contributed by atoms with E-state index in [-0.39, 0.29) is 0 Å². The molecule has 0 radical (unpaired) electrons. The first-order valence-electron chi connectivity index (χ1n) is 9.63. The molecule has 1 N–H and O–H groups in total. The van der Waals surface area contributed by atoms with Crippen LogP contribution in [0.15, 0.2) is 91.0 Å². The van der Waals surface area contributed by atoms with Gasteiger partial charge in [0, 0.05) is 12.0 Å². The van der Waals surface area contributed by atoms with E-state index >= 15 is 0 Å². The van der Waals surface area contributed by atoms with Gasteiger partial charge in [-0.05, 0) is 42.5 Å². The van der Waals surface area contributed by atoms with Gasteiger partial charge in [0.25, 0.3) is 0 Å². The van der Waals surface area contributed by atoms with Crippen molar-refractivity contribution in [3.05, 3.63) is 108 Å². The molecule has 0 fully saturated rings. The van der Waals surface area contributed by atoms with Crippen LogP contribution in [0.1, 0.15) is 36.5 Å². The van der Waals surface area contributed by atoms with Gasteiger partial charge in [-0.2, -0.15) is 0 Å². The van der Waals surface area contributed by atoms with Gasteiger partial charge < -0.3 is 5.32 Å². The highest BCUT2D eigenvalue weighted by atomic mass is 14.9. The van der Waals surface area contributed by atoms with E-state index in [0.29, 0.717) is 17.9 Å². The first-order chi connectivity index (χ1) is 12.8. The minimum atomic E-state index is 0.400. The molecule has 3 aromatic rings. The van der Waals surface area contributed by atoms with E-state index in [1.54, 1.807) is 0 Å². The summed E-state index contributed by atoms with van der Waals surface area (Å²) in [4.78, 5) is 0. The van der Waals surface area contributed by atoms with Crippen molar-refractivity contribution in [2.75, 3.05) is 6.54 Å². The summed E-state index contributed by atoms with van der Waals surface area (Å²) < 4.78 is 0. The second-order valence-electron chi connectivity index (χ2n) is 7.14. The Morgan fingerprint density at radius 1 is 0.654 bits per heavy atom. The van der Waals surface area contributed by atoms with Gasteiger partial charge in [0.15, 0.2) is 0 Å². The predicted molar refractivity (Wildman–Crippen MR) is 112 cm³/mol. The van der Waals surface area contributed by atoms with Crippen molar-refractivity contribution >= 4 is 0 Å². The fraction of sp³-hybridized carbons (Fsp3) is 0.280. The van der Waals surface area contributed by atoms with Crippen LogP contribution in [0.4, 0.5) is 0 Å². The van der Waals surface area contributed by atoms with Gasteiger partial charge in [0.05, 0.1) is 0 Å². The van der Waals surface area contributed by atoms with E-state index in [0.717, 1.165) is 13.0 Å². The summed E-state index contributed by atoms with van der Waals surface area (Å²) in [6, 6.07) is 32.9. The maximum absolute atomic E-state index is 3.75. The van der Waals surface area contributed by atoms with E-state index in [1.165, 1.54) is 16.7 Å². The molecule has 1 nitrogen and oxygen atoms in total. The lowest BCUT2D eigenvalue weighted by Gasteiger charge is -2.30. The first kappa shape index (κ1) is 18.4. The van der Waals surface area contributed by atoms with Crippen molar-refractivity contribution in [2.45, 2.75) is 32.2 Å². The molecule has 0 aliphatic rings. The lowest BCUT2D eigenvalue weighted by molar-refractivity contribution is 0.369. The third kappa shape index (κ3) is 4.83. The zero-order valence-corrected chi connectivity index (χ0v) is 15.8. The van der Waals surface area contributed by atoms with Gasteiger partial charge in [0.2, 0.25) is 0 Å². The normalized spacial score (nSPS) is 13.5. The van der Waals surface area contributed by atoms with Crippen LogP contribution in [0, 0.1) is 5.92 Å². The molecule has 3 rings (SSSR count). The van der Waals surface area contributed by atoms with Crippen molar-refractivity contribution in [1.82, 2.24) is 5.32 Å². The lowest BCUT2D eigenvalue weighted by Crippen LogP contribution is -2.36. The van der Waals surface area contributed by atoms with Crippen LogP contribution in [-0.2, 0) is 6.42 Å². The molecule has 0 amide bonds. The molecule has 0 heterocycles. The Hall–Kier alpha value is -2.38. The van der Waals surface area contributed by atoms with Crippen molar-refractivity contribution in [3.63, 3.8) is 0 Å². The second-order valence-corrected chi connectivity index (χ2v) is 7.14. The highest BCUT2D eigenvalue weighted by Crippen LogP contribution is 2.33. The van der Waals surface area contributed by atoms with Crippen LogP contribution < -0.4 is 5.32 Å². The van der Waals surface area contributed by atoms with E-state index in [1.807, 2.05) is 0 Å². The highest BCUT2D eigenvalue weighted by Gasteiger charge is 2.25. The molecule has 1 heteroatoms. The molecule has 2 unspecified atom stereocenters. The van der Waals surface area contributed by atoms with Crippen LogP contribution in [0.5, 0.6) is 0 Å². The van der Waals surface area contributed by atoms with Crippen LogP contribution in [0.3, 0.4) is 0 Å². The van der Waals surface area contributed by atoms with E-state index in [4.69, 9.17) is 0 Å². The number of rotatable bonds is 8. The summed E-state index contributed by atoms with van der Waals surface area (Å²) in [7, 11) is 0. The summed E-state index contributed by atoms with van der Waals surface area (Å²) in [6.45, 7) is 5.69. The Balaban J connectivity index is 1.69. The maximum Gasteiger partial charge on any atom is 0.0130 e. The lowest BCUT2D eigenvalue weighted by atomic mass is 9.78. The number of hydrogen-bond acceptors (Lipinski definition) is 1. The Labute approximate surface area is 158 Å². The van der Waals surface area contributed by atoms with Gasteiger partial charge in [-0.1, -0.05) is 97.9 Å². The van der Waals surface area contributed by atoms with Crippen LogP contribution in [0.2, 0.25) is 0 Å². The van der Waals surface area contributed by atoms with Crippen molar-refractivity contribution in [1.29, 1.82) is 0 Å². The number of benzene rings is 3. The molecule has 0 saturated carbocycles. The summed E-state index contributed by atoms with van der Waals surface area (Å²) in [5.41, 5.74) is 4.17. The molecule has 0 aromatic heterocycles. The van der Waals surface area contributed by atoms with E-state index in [2.05, 4.69) is 110 Å². The predicted octanol–water partition coefficient (Wildman–Crippen LogP) is 5.68. The van der Waals surface area contributed by atoms with Gasteiger partial charge in [-0.25, -0.2) is 0 Å². The average molecular weight is 344 g/mol. The monoisotopic (exact) mass is 343 g/mol. The fourth-order valence-corrected chi connectivity index (χ4v) is 3.68. The molecule has 134 valence electrons. The van der Waals surface area contributed by atoms with Gasteiger partial charge in [-0.15, -0.1) is 0 Å². The largest absolute Gasteiger partial charge is 0.314 e. The molecule has 0 aliphatic carbocycles. The van der Waals surface area contributed by atoms with E-state index < -0.39 is 0 Å². The van der Waals surface area contributed by atoms with Crippen LogP contribution in [-0.4, -0.2) is 12.6 Å². The average Bonchev–Trinajstić information content (AvgIpc) is 2.70. The Morgan fingerprint density at radius 2 is 1.12 bits per heavy atom. The van der Waals surface area contributed by atoms with Crippen molar-refractivity contribution in [3.8, 4) is 0 Å². The Bertz CT molecular complexity index is 712. The summed E-state index contributed by atoms with van der Waals surface area (Å²) in [6.07, 6.45) is 1.07. The third-order valence-corrected chi connectivity index (χ3v) is 5.35. The molecule has 0 spiro atoms. The molecule has 0 aliphatic heterocycles. The molecule has 2 atom stereocenters. The van der Waals surface area contributed by atoms with Gasteiger partial charge >= 0.3 is 0 Å². The molecular weight excluding hydrogens is 314 g/mol. The quantitative estimate of drug-likeness (QED) is 0.555. The zero-order chi connectivity index (χ0) is 18.2. The SMILES string of the molecule is CC(NCCc1ccccc1)C(C)C(c1ccccc1)c1ccccc1.